The van der Waals surface area contributed by atoms with Gasteiger partial charge in [0, 0.05) is 54.5 Å². The van der Waals surface area contributed by atoms with E-state index in [1.165, 1.54) is 48.6 Å². The SMILES string of the molecule is COOC1C=Cc2cc(N3CCN(CCCCc4c[nH]c5ccccc45)CC3)ccc2O1. The van der Waals surface area contributed by atoms with E-state index in [4.69, 9.17) is 14.5 Å². The number of nitrogens with one attached hydrogen (secondary N) is 1. The average Bonchev–Trinajstić information content (AvgIpc) is 3.25. The van der Waals surface area contributed by atoms with Crippen LogP contribution in [0.1, 0.15) is 24.0 Å². The third-order valence-corrected chi connectivity index (χ3v) is 6.44. The highest BCUT2D eigenvalue weighted by molar-refractivity contribution is 5.83. The first-order valence-electron chi connectivity index (χ1n) is 11.5. The molecule has 0 radical (unpaired) electrons. The van der Waals surface area contributed by atoms with Crippen molar-refractivity contribution in [2.24, 2.45) is 0 Å². The summed E-state index contributed by atoms with van der Waals surface area (Å²) >= 11 is 0. The van der Waals surface area contributed by atoms with Crippen LogP contribution >= 0.6 is 0 Å². The molecular formula is C26H31N3O3. The van der Waals surface area contributed by atoms with Crippen molar-refractivity contribution in [3.05, 3.63) is 65.9 Å². The van der Waals surface area contributed by atoms with E-state index in [0.717, 1.165) is 43.9 Å². The van der Waals surface area contributed by atoms with E-state index < -0.39 is 6.29 Å². The van der Waals surface area contributed by atoms with Gasteiger partial charge in [-0.1, -0.05) is 18.2 Å². The number of piperazine rings is 1. The quantitative estimate of drug-likeness (QED) is 0.319. The molecule has 0 spiro atoms. The van der Waals surface area contributed by atoms with E-state index in [2.05, 4.69) is 57.4 Å². The lowest BCUT2D eigenvalue weighted by Gasteiger charge is -2.36. The van der Waals surface area contributed by atoms with Gasteiger partial charge in [-0.25, -0.2) is 4.89 Å². The van der Waals surface area contributed by atoms with Crippen molar-refractivity contribution in [2.75, 3.05) is 44.7 Å². The van der Waals surface area contributed by atoms with Gasteiger partial charge in [-0.15, -0.1) is 0 Å². The van der Waals surface area contributed by atoms with Gasteiger partial charge in [0.2, 0.25) is 6.29 Å². The molecule has 0 bridgehead atoms. The highest BCUT2D eigenvalue weighted by Gasteiger charge is 2.20. The van der Waals surface area contributed by atoms with Crippen molar-refractivity contribution in [1.82, 2.24) is 9.88 Å². The second-order valence-electron chi connectivity index (χ2n) is 8.48. The number of benzene rings is 2. The molecule has 0 saturated carbocycles. The molecule has 1 unspecified atom stereocenters. The van der Waals surface area contributed by atoms with Crippen LogP contribution < -0.4 is 9.64 Å². The van der Waals surface area contributed by atoms with Crippen LogP contribution in [0.15, 0.2) is 54.7 Å². The van der Waals surface area contributed by atoms with Gasteiger partial charge in [-0.2, -0.15) is 4.89 Å². The summed E-state index contributed by atoms with van der Waals surface area (Å²) < 4.78 is 5.77. The van der Waals surface area contributed by atoms with E-state index >= 15 is 0 Å². The second kappa shape index (κ2) is 9.77. The van der Waals surface area contributed by atoms with Gasteiger partial charge >= 0.3 is 0 Å². The third-order valence-electron chi connectivity index (χ3n) is 6.44. The first kappa shape index (κ1) is 21.1. The van der Waals surface area contributed by atoms with Crippen LogP contribution in [0.3, 0.4) is 0 Å². The summed E-state index contributed by atoms with van der Waals surface area (Å²) in [6.07, 6.45) is 9.20. The standard InChI is InChI=1S/C26H31N3O3/c1-30-32-26-12-9-20-18-22(10-11-25(20)31-26)29-16-14-28(15-17-29)13-5-4-6-21-19-27-24-8-3-2-7-23(21)24/h2-3,7-12,18-19,26-27H,4-6,13-17H2,1H3. The van der Waals surface area contributed by atoms with Crippen LogP contribution in [-0.4, -0.2) is 56.0 Å². The minimum absolute atomic E-state index is 0.488. The van der Waals surface area contributed by atoms with E-state index in [-0.39, 0.29) is 0 Å². The summed E-state index contributed by atoms with van der Waals surface area (Å²) in [5.74, 6) is 0.826. The molecule has 5 rings (SSSR count). The van der Waals surface area contributed by atoms with Crippen LogP contribution in [0.2, 0.25) is 0 Å². The smallest absolute Gasteiger partial charge is 0.250 e. The summed E-state index contributed by atoms with van der Waals surface area (Å²) in [6.45, 7) is 5.51. The van der Waals surface area contributed by atoms with Gasteiger partial charge < -0.3 is 14.6 Å². The average molecular weight is 434 g/mol. The molecule has 3 aromatic rings. The normalized spacial score (nSPS) is 18.7. The number of fused-ring (bicyclic) bond motifs is 2. The molecule has 6 heteroatoms. The number of aromatic nitrogens is 1. The number of unbranched alkanes of at least 4 members (excludes halogenated alkanes) is 1. The van der Waals surface area contributed by atoms with Gasteiger partial charge in [0.05, 0.1) is 7.11 Å². The summed E-state index contributed by atoms with van der Waals surface area (Å²) in [6, 6.07) is 14.9. The summed E-state index contributed by atoms with van der Waals surface area (Å²) in [5, 5.41) is 1.37. The predicted octanol–water partition coefficient (Wildman–Crippen LogP) is 4.62. The van der Waals surface area contributed by atoms with E-state index in [1.54, 1.807) is 0 Å². The number of nitrogens with zero attached hydrogens (tertiary/aromatic N) is 2. The van der Waals surface area contributed by atoms with Crippen molar-refractivity contribution in [3.8, 4) is 5.75 Å². The molecule has 0 amide bonds. The summed E-state index contributed by atoms with van der Waals surface area (Å²) in [5.41, 5.74) is 5.02. The number of H-pyrrole nitrogens is 1. The van der Waals surface area contributed by atoms with Gasteiger partial charge in [0.1, 0.15) is 5.75 Å². The number of para-hydroxylation sites is 1. The molecule has 32 heavy (non-hydrogen) atoms. The zero-order chi connectivity index (χ0) is 21.8. The highest BCUT2D eigenvalue weighted by atomic mass is 17.2. The fraction of sp³-hybridized carbons (Fsp3) is 0.385. The minimum Gasteiger partial charge on any atom is -0.458 e. The molecule has 1 fully saturated rings. The Balaban J connectivity index is 1.07. The lowest BCUT2D eigenvalue weighted by molar-refractivity contribution is -0.331. The molecular weight excluding hydrogens is 402 g/mol. The molecule has 2 aromatic carbocycles. The number of ether oxygens (including phenoxy) is 1. The van der Waals surface area contributed by atoms with Crippen molar-refractivity contribution in [2.45, 2.75) is 25.6 Å². The Labute approximate surface area is 189 Å². The fourth-order valence-corrected chi connectivity index (χ4v) is 4.68. The van der Waals surface area contributed by atoms with Crippen molar-refractivity contribution >= 4 is 22.7 Å². The number of hydrogen-bond donors (Lipinski definition) is 1. The predicted molar refractivity (Wildman–Crippen MR) is 128 cm³/mol. The maximum absolute atomic E-state index is 5.77. The van der Waals surface area contributed by atoms with Crippen LogP contribution in [-0.2, 0) is 16.2 Å². The largest absolute Gasteiger partial charge is 0.458 e. The van der Waals surface area contributed by atoms with Crippen LogP contribution in [0.5, 0.6) is 5.75 Å². The lowest BCUT2D eigenvalue weighted by atomic mass is 10.1. The van der Waals surface area contributed by atoms with Crippen molar-refractivity contribution < 1.29 is 14.5 Å². The Bertz CT molecular complexity index is 1070. The first-order chi connectivity index (χ1) is 15.8. The molecule has 6 nitrogen and oxygen atoms in total. The maximum Gasteiger partial charge on any atom is 0.250 e. The lowest BCUT2D eigenvalue weighted by Crippen LogP contribution is -2.46. The van der Waals surface area contributed by atoms with Crippen LogP contribution in [0.4, 0.5) is 5.69 Å². The third kappa shape index (κ3) is 4.67. The Kier molecular flexibility index (Phi) is 6.44. The zero-order valence-electron chi connectivity index (χ0n) is 18.6. The van der Waals surface area contributed by atoms with Crippen LogP contribution in [0.25, 0.3) is 17.0 Å². The zero-order valence-corrected chi connectivity index (χ0v) is 18.6. The number of hydrogen-bond acceptors (Lipinski definition) is 5. The molecule has 0 aliphatic carbocycles. The number of anilines is 1. The number of aromatic amines is 1. The fourth-order valence-electron chi connectivity index (χ4n) is 4.68. The van der Waals surface area contributed by atoms with Crippen LogP contribution in [0, 0.1) is 0 Å². The Morgan fingerprint density at radius 1 is 1.06 bits per heavy atom. The molecule has 168 valence electrons. The van der Waals surface area contributed by atoms with Crippen molar-refractivity contribution in [3.63, 3.8) is 0 Å². The molecule has 3 heterocycles. The van der Waals surface area contributed by atoms with Gasteiger partial charge in [-0.3, -0.25) is 4.90 Å². The molecule has 1 saturated heterocycles. The molecule has 2 aliphatic heterocycles. The Morgan fingerprint density at radius 2 is 1.94 bits per heavy atom. The Morgan fingerprint density at radius 3 is 2.81 bits per heavy atom. The summed E-state index contributed by atoms with van der Waals surface area (Å²) in [4.78, 5) is 18.2. The minimum atomic E-state index is -0.488. The molecule has 1 atom stereocenters. The van der Waals surface area contributed by atoms with Gasteiger partial charge in [0.25, 0.3) is 0 Å². The van der Waals surface area contributed by atoms with Crippen molar-refractivity contribution in [1.29, 1.82) is 0 Å². The number of rotatable bonds is 8. The van der Waals surface area contributed by atoms with E-state index in [0.29, 0.717) is 0 Å². The first-order valence-corrected chi connectivity index (χ1v) is 11.5. The monoisotopic (exact) mass is 433 g/mol. The Hall–Kier alpha value is -2.80. The molecule has 1 aromatic heterocycles. The van der Waals surface area contributed by atoms with E-state index in [1.807, 2.05) is 18.2 Å². The maximum atomic E-state index is 5.77. The van der Waals surface area contributed by atoms with E-state index in [9.17, 15) is 0 Å². The topological polar surface area (TPSA) is 50.0 Å². The molecule has 1 N–H and O–H groups in total. The second-order valence-corrected chi connectivity index (χ2v) is 8.48. The van der Waals surface area contributed by atoms with Gasteiger partial charge in [0.15, 0.2) is 0 Å². The summed E-state index contributed by atoms with van der Waals surface area (Å²) in [7, 11) is 1.49. The molecule has 2 aliphatic rings. The highest BCUT2D eigenvalue weighted by Crippen LogP contribution is 2.31. The number of aryl methyl sites for hydroxylation is 1. The van der Waals surface area contributed by atoms with Gasteiger partial charge in [-0.05, 0) is 67.8 Å².